The molecule has 1 unspecified atom stereocenters. The van der Waals surface area contributed by atoms with Gasteiger partial charge in [-0.1, -0.05) is 13.8 Å². The van der Waals surface area contributed by atoms with Gasteiger partial charge in [-0.05, 0) is 30.4 Å². The average molecular weight is 282 g/mol. The standard InChI is InChI=1S/C12H16ClN5O/c1-3-7-6(2)4-8(19-7)18-5-15-9-10(14)16-12(13)17-11(9)18/h5-8H,3-4H2,1-2H3,(H2,14,16,17)/t6?,7-,8-/m1/s1. The number of ether oxygens (including phenoxy) is 1. The lowest BCUT2D eigenvalue weighted by atomic mass is 10.0. The van der Waals surface area contributed by atoms with Gasteiger partial charge in [0.1, 0.15) is 11.7 Å². The molecule has 0 aromatic carbocycles. The summed E-state index contributed by atoms with van der Waals surface area (Å²) >= 11 is 5.86. The summed E-state index contributed by atoms with van der Waals surface area (Å²) in [4.78, 5) is 12.4. The Labute approximate surface area is 115 Å². The minimum Gasteiger partial charge on any atom is -0.382 e. The van der Waals surface area contributed by atoms with Crippen molar-refractivity contribution >= 4 is 28.6 Å². The van der Waals surface area contributed by atoms with E-state index in [4.69, 9.17) is 22.1 Å². The molecule has 19 heavy (non-hydrogen) atoms. The van der Waals surface area contributed by atoms with Crippen molar-refractivity contribution < 1.29 is 4.74 Å². The van der Waals surface area contributed by atoms with Gasteiger partial charge in [-0.25, -0.2) is 4.98 Å². The van der Waals surface area contributed by atoms with Crippen LogP contribution in [0.5, 0.6) is 0 Å². The third-order valence-electron chi connectivity index (χ3n) is 3.67. The van der Waals surface area contributed by atoms with Gasteiger partial charge >= 0.3 is 0 Å². The molecule has 0 radical (unpaired) electrons. The van der Waals surface area contributed by atoms with Crippen molar-refractivity contribution in [1.82, 2.24) is 19.5 Å². The van der Waals surface area contributed by atoms with E-state index in [0.717, 1.165) is 12.8 Å². The molecule has 1 fully saturated rings. The third kappa shape index (κ3) is 2.04. The van der Waals surface area contributed by atoms with Crippen LogP contribution in [0.25, 0.3) is 11.2 Å². The van der Waals surface area contributed by atoms with E-state index in [2.05, 4.69) is 28.8 Å². The molecule has 0 saturated carbocycles. The van der Waals surface area contributed by atoms with Gasteiger partial charge in [0, 0.05) is 0 Å². The van der Waals surface area contributed by atoms with Crippen LogP contribution in [0.4, 0.5) is 5.82 Å². The molecule has 6 nitrogen and oxygen atoms in total. The van der Waals surface area contributed by atoms with Crippen LogP contribution in [0.15, 0.2) is 6.33 Å². The predicted molar refractivity (Wildman–Crippen MR) is 72.7 cm³/mol. The number of nitrogens with two attached hydrogens (primary N) is 1. The smallest absolute Gasteiger partial charge is 0.226 e. The predicted octanol–water partition coefficient (Wildman–Crippen LogP) is 2.40. The number of nitrogens with zero attached hydrogens (tertiary/aromatic N) is 4. The van der Waals surface area contributed by atoms with Gasteiger partial charge < -0.3 is 10.5 Å². The maximum absolute atomic E-state index is 6.03. The first kappa shape index (κ1) is 12.6. The van der Waals surface area contributed by atoms with Gasteiger partial charge in [-0.3, -0.25) is 4.57 Å². The fraction of sp³-hybridized carbons (Fsp3) is 0.583. The quantitative estimate of drug-likeness (QED) is 0.855. The van der Waals surface area contributed by atoms with Crippen LogP contribution in [-0.4, -0.2) is 25.6 Å². The normalized spacial score (nSPS) is 27.2. The monoisotopic (exact) mass is 281 g/mol. The van der Waals surface area contributed by atoms with Crippen LogP contribution in [0.1, 0.15) is 32.9 Å². The highest BCUT2D eigenvalue weighted by Gasteiger charge is 2.33. The van der Waals surface area contributed by atoms with Gasteiger partial charge in [-0.2, -0.15) is 9.97 Å². The Morgan fingerprint density at radius 1 is 1.53 bits per heavy atom. The van der Waals surface area contributed by atoms with E-state index in [1.165, 1.54) is 0 Å². The van der Waals surface area contributed by atoms with Crippen molar-refractivity contribution in [2.24, 2.45) is 5.92 Å². The molecule has 0 aliphatic carbocycles. The number of hydrogen-bond donors (Lipinski definition) is 1. The fourth-order valence-electron chi connectivity index (χ4n) is 2.66. The Morgan fingerprint density at radius 3 is 3.00 bits per heavy atom. The van der Waals surface area contributed by atoms with Gasteiger partial charge in [0.05, 0.1) is 12.4 Å². The average Bonchev–Trinajstić information content (AvgIpc) is 2.92. The molecular weight excluding hydrogens is 266 g/mol. The molecule has 3 atom stereocenters. The van der Waals surface area contributed by atoms with Crippen LogP contribution in [-0.2, 0) is 4.74 Å². The molecular formula is C12H16ClN5O. The Morgan fingerprint density at radius 2 is 2.32 bits per heavy atom. The van der Waals surface area contributed by atoms with Gasteiger partial charge in [0.2, 0.25) is 5.28 Å². The maximum atomic E-state index is 6.03. The van der Waals surface area contributed by atoms with Crippen molar-refractivity contribution in [2.75, 3.05) is 5.73 Å². The highest BCUT2D eigenvalue weighted by Crippen LogP contribution is 2.36. The molecule has 1 aliphatic heterocycles. The number of imidazole rings is 1. The molecule has 2 aromatic rings. The summed E-state index contributed by atoms with van der Waals surface area (Å²) in [5, 5.41) is 0.129. The van der Waals surface area contributed by atoms with E-state index in [0.29, 0.717) is 22.9 Å². The lowest BCUT2D eigenvalue weighted by Crippen LogP contribution is -2.12. The Bertz CT molecular complexity index is 613. The summed E-state index contributed by atoms with van der Waals surface area (Å²) in [6, 6.07) is 0. The second-order valence-electron chi connectivity index (χ2n) is 4.95. The molecule has 0 spiro atoms. The van der Waals surface area contributed by atoms with E-state index >= 15 is 0 Å². The molecule has 3 rings (SSSR count). The van der Waals surface area contributed by atoms with Gasteiger partial charge in [0.15, 0.2) is 11.5 Å². The maximum Gasteiger partial charge on any atom is 0.226 e. The van der Waals surface area contributed by atoms with Crippen molar-refractivity contribution in [1.29, 1.82) is 0 Å². The largest absolute Gasteiger partial charge is 0.382 e. The minimum atomic E-state index is -0.0599. The van der Waals surface area contributed by atoms with Crippen molar-refractivity contribution in [3.63, 3.8) is 0 Å². The molecule has 0 amide bonds. The first-order chi connectivity index (χ1) is 9.10. The first-order valence-corrected chi connectivity index (χ1v) is 6.79. The van der Waals surface area contributed by atoms with E-state index < -0.39 is 0 Å². The number of anilines is 1. The van der Waals surface area contributed by atoms with Gasteiger partial charge in [-0.15, -0.1) is 0 Å². The molecule has 2 aromatic heterocycles. The van der Waals surface area contributed by atoms with Crippen molar-refractivity contribution in [2.45, 2.75) is 39.0 Å². The molecule has 1 aliphatic rings. The topological polar surface area (TPSA) is 78.9 Å². The molecule has 2 N–H and O–H groups in total. The zero-order valence-electron chi connectivity index (χ0n) is 10.9. The molecule has 3 heterocycles. The zero-order valence-corrected chi connectivity index (χ0v) is 11.6. The molecule has 0 bridgehead atoms. The molecule has 102 valence electrons. The summed E-state index contributed by atoms with van der Waals surface area (Å²) in [7, 11) is 0. The van der Waals surface area contributed by atoms with Gasteiger partial charge in [0.25, 0.3) is 0 Å². The third-order valence-corrected chi connectivity index (χ3v) is 3.84. The van der Waals surface area contributed by atoms with E-state index in [-0.39, 0.29) is 17.6 Å². The highest BCUT2D eigenvalue weighted by atomic mass is 35.5. The zero-order chi connectivity index (χ0) is 13.6. The lowest BCUT2D eigenvalue weighted by Gasteiger charge is -2.14. The summed E-state index contributed by atoms with van der Waals surface area (Å²) in [5.41, 5.74) is 7.00. The SMILES string of the molecule is CC[C@H]1O[C@@H](n2cnc3c(N)nc(Cl)nc32)CC1C. The van der Waals surface area contributed by atoms with E-state index in [9.17, 15) is 0 Å². The number of rotatable bonds is 2. The van der Waals surface area contributed by atoms with E-state index in [1.807, 2.05) is 4.57 Å². The number of aromatic nitrogens is 4. The van der Waals surface area contributed by atoms with Crippen molar-refractivity contribution in [3.8, 4) is 0 Å². The van der Waals surface area contributed by atoms with Crippen molar-refractivity contribution in [3.05, 3.63) is 11.6 Å². The van der Waals surface area contributed by atoms with Crippen LogP contribution in [0.3, 0.4) is 0 Å². The van der Waals surface area contributed by atoms with Crippen LogP contribution in [0, 0.1) is 5.92 Å². The summed E-state index contributed by atoms with van der Waals surface area (Å²) < 4.78 is 7.93. The Kier molecular flexibility index (Phi) is 3.06. The molecule has 1 saturated heterocycles. The van der Waals surface area contributed by atoms with Crippen LogP contribution >= 0.6 is 11.6 Å². The second kappa shape index (κ2) is 4.61. The van der Waals surface area contributed by atoms with Crippen LogP contribution < -0.4 is 5.73 Å². The second-order valence-corrected chi connectivity index (χ2v) is 5.29. The summed E-state index contributed by atoms with van der Waals surface area (Å²) in [5.74, 6) is 0.814. The Hall–Kier alpha value is -1.40. The fourth-order valence-corrected chi connectivity index (χ4v) is 2.83. The summed E-state index contributed by atoms with van der Waals surface area (Å²) in [6.07, 6.45) is 3.85. The number of nitrogen functional groups attached to an aromatic ring is 1. The Balaban J connectivity index is 2.02. The van der Waals surface area contributed by atoms with E-state index in [1.54, 1.807) is 6.33 Å². The van der Waals surface area contributed by atoms with Crippen LogP contribution in [0.2, 0.25) is 5.28 Å². The summed E-state index contributed by atoms with van der Waals surface area (Å²) in [6.45, 7) is 4.33. The minimum absolute atomic E-state index is 0.0599. The molecule has 7 heteroatoms. The number of halogens is 1. The first-order valence-electron chi connectivity index (χ1n) is 6.41. The lowest BCUT2D eigenvalue weighted by molar-refractivity contribution is -0.00304. The highest BCUT2D eigenvalue weighted by molar-refractivity contribution is 6.28. The number of hydrogen-bond acceptors (Lipinski definition) is 5. The number of fused-ring (bicyclic) bond motifs is 1.